The first kappa shape index (κ1) is 17.4. The van der Waals surface area contributed by atoms with Crippen LogP contribution in [0.4, 0.5) is 27.5 Å². The molecule has 0 spiro atoms. The average Bonchev–Trinajstić information content (AvgIpc) is 2.55. The van der Waals surface area contributed by atoms with Gasteiger partial charge in [0.2, 0.25) is 5.95 Å². The highest BCUT2D eigenvalue weighted by Gasteiger charge is 2.09. The summed E-state index contributed by atoms with van der Waals surface area (Å²) in [6.07, 6.45) is 1.45. The Balaban J connectivity index is 1.83. The van der Waals surface area contributed by atoms with Gasteiger partial charge in [-0.05, 0) is 49.2 Å². The summed E-state index contributed by atoms with van der Waals surface area (Å²) in [5, 5.41) is 14.5. The summed E-state index contributed by atoms with van der Waals surface area (Å²) in [4.78, 5) is 4.33. The van der Waals surface area contributed by atoms with E-state index >= 15 is 0 Å². The molecule has 5 nitrogen and oxygen atoms in total. The van der Waals surface area contributed by atoms with Crippen molar-refractivity contribution in [3.63, 3.8) is 0 Å². The van der Waals surface area contributed by atoms with Crippen molar-refractivity contribution in [2.24, 2.45) is 0 Å². The molecule has 0 bridgehead atoms. The summed E-state index contributed by atoms with van der Waals surface area (Å²) in [7, 11) is 0. The summed E-state index contributed by atoms with van der Waals surface area (Å²) in [6.45, 7) is 3.91. The zero-order chi connectivity index (χ0) is 18.0. The SMILES string of the molecule is Cc1cc(C)c(Nc2nncc(Nc3ccc(F)c(Cl)c3)n2)c(Cl)c1. The maximum absolute atomic E-state index is 13.2. The van der Waals surface area contributed by atoms with Crippen LogP contribution in [0.15, 0.2) is 36.5 Å². The lowest BCUT2D eigenvalue weighted by molar-refractivity contribution is 0.628. The van der Waals surface area contributed by atoms with Crippen LogP contribution in [0.3, 0.4) is 0 Å². The van der Waals surface area contributed by atoms with Crippen molar-refractivity contribution < 1.29 is 4.39 Å². The van der Waals surface area contributed by atoms with Crippen LogP contribution in [-0.4, -0.2) is 15.2 Å². The minimum atomic E-state index is -0.486. The predicted octanol–water partition coefficient (Wildman–Crippen LogP) is 5.42. The van der Waals surface area contributed by atoms with Crippen molar-refractivity contribution in [2.75, 3.05) is 10.6 Å². The third-order valence-corrected chi connectivity index (χ3v) is 4.01. The van der Waals surface area contributed by atoms with Crippen molar-refractivity contribution in [2.45, 2.75) is 13.8 Å². The Bertz CT molecular complexity index is 910. The standard InChI is InChI=1S/C17H14Cl2FN5/c1-9-5-10(2)16(13(19)6-9)24-17-23-15(8-21-25-17)22-11-3-4-14(20)12(18)7-11/h3-8H,1-2H3,(H2,22,23,24,25). The molecule has 0 aliphatic heterocycles. The molecule has 0 unspecified atom stereocenters. The molecule has 2 aromatic carbocycles. The van der Waals surface area contributed by atoms with Gasteiger partial charge in [0, 0.05) is 5.69 Å². The summed E-state index contributed by atoms with van der Waals surface area (Å²) >= 11 is 12.1. The van der Waals surface area contributed by atoms with Gasteiger partial charge < -0.3 is 10.6 Å². The lowest BCUT2D eigenvalue weighted by atomic mass is 10.1. The minimum Gasteiger partial charge on any atom is -0.339 e. The first-order valence-electron chi connectivity index (χ1n) is 7.38. The number of benzene rings is 2. The largest absolute Gasteiger partial charge is 0.339 e. The van der Waals surface area contributed by atoms with Gasteiger partial charge in [-0.3, -0.25) is 0 Å². The number of halogens is 3. The number of nitrogens with one attached hydrogen (secondary N) is 2. The second-order valence-corrected chi connectivity index (χ2v) is 6.30. The van der Waals surface area contributed by atoms with E-state index in [0.29, 0.717) is 16.5 Å². The minimum absolute atomic E-state index is 0.0208. The first-order chi connectivity index (χ1) is 11.9. The summed E-state index contributed by atoms with van der Waals surface area (Å²) in [5.74, 6) is 0.230. The van der Waals surface area contributed by atoms with Crippen LogP contribution in [0.1, 0.15) is 11.1 Å². The second-order valence-electron chi connectivity index (χ2n) is 5.48. The van der Waals surface area contributed by atoms with Gasteiger partial charge in [0.25, 0.3) is 0 Å². The van der Waals surface area contributed by atoms with E-state index in [9.17, 15) is 4.39 Å². The highest BCUT2D eigenvalue weighted by molar-refractivity contribution is 6.33. The molecule has 0 radical (unpaired) electrons. The average molecular weight is 378 g/mol. The number of anilines is 4. The molecule has 0 fully saturated rings. The van der Waals surface area contributed by atoms with E-state index in [1.807, 2.05) is 26.0 Å². The fraction of sp³-hybridized carbons (Fsp3) is 0.118. The van der Waals surface area contributed by atoms with Gasteiger partial charge in [0.15, 0.2) is 5.82 Å². The van der Waals surface area contributed by atoms with Gasteiger partial charge in [0.05, 0.1) is 21.9 Å². The lowest BCUT2D eigenvalue weighted by Crippen LogP contribution is -2.04. The number of nitrogens with zero attached hydrogens (tertiary/aromatic N) is 3. The Morgan fingerprint density at radius 3 is 2.52 bits per heavy atom. The molecule has 8 heteroatoms. The van der Waals surface area contributed by atoms with E-state index in [-0.39, 0.29) is 11.0 Å². The predicted molar refractivity (Wildman–Crippen MR) is 98.7 cm³/mol. The molecule has 0 saturated heterocycles. The Morgan fingerprint density at radius 2 is 1.80 bits per heavy atom. The molecule has 3 aromatic rings. The van der Waals surface area contributed by atoms with Crippen molar-refractivity contribution in [1.82, 2.24) is 15.2 Å². The van der Waals surface area contributed by atoms with Gasteiger partial charge >= 0.3 is 0 Å². The van der Waals surface area contributed by atoms with E-state index in [0.717, 1.165) is 16.8 Å². The first-order valence-corrected chi connectivity index (χ1v) is 8.13. The van der Waals surface area contributed by atoms with Crippen molar-refractivity contribution in [1.29, 1.82) is 0 Å². The number of aromatic nitrogens is 3. The quantitative estimate of drug-likeness (QED) is 0.635. The molecule has 1 heterocycles. The molecule has 0 amide bonds. The molecule has 25 heavy (non-hydrogen) atoms. The van der Waals surface area contributed by atoms with Crippen LogP contribution in [0.2, 0.25) is 10.0 Å². The van der Waals surface area contributed by atoms with Gasteiger partial charge in [-0.1, -0.05) is 29.3 Å². The fourth-order valence-electron chi connectivity index (χ4n) is 2.32. The van der Waals surface area contributed by atoms with Gasteiger partial charge in [-0.15, -0.1) is 5.10 Å². The van der Waals surface area contributed by atoms with E-state index in [1.165, 1.54) is 18.3 Å². The molecule has 2 N–H and O–H groups in total. The third kappa shape index (κ3) is 4.15. The molecule has 0 aliphatic rings. The Hall–Kier alpha value is -2.44. The van der Waals surface area contributed by atoms with Crippen LogP contribution in [0.5, 0.6) is 0 Å². The van der Waals surface area contributed by atoms with Crippen LogP contribution >= 0.6 is 23.2 Å². The van der Waals surface area contributed by atoms with Crippen LogP contribution in [0.25, 0.3) is 0 Å². The van der Waals surface area contributed by atoms with E-state index in [4.69, 9.17) is 23.2 Å². The molecule has 0 atom stereocenters. The molecule has 0 aliphatic carbocycles. The zero-order valence-corrected chi connectivity index (χ0v) is 15.0. The molecule has 128 valence electrons. The third-order valence-electron chi connectivity index (χ3n) is 3.42. The Kier molecular flexibility index (Phi) is 5.01. The fourth-order valence-corrected chi connectivity index (χ4v) is 2.87. The van der Waals surface area contributed by atoms with Crippen molar-refractivity contribution >= 4 is 46.3 Å². The number of hydrogen-bond donors (Lipinski definition) is 2. The Labute approximate surface area is 154 Å². The molecule has 3 rings (SSSR count). The highest BCUT2D eigenvalue weighted by Crippen LogP contribution is 2.29. The topological polar surface area (TPSA) is 62.7 Å². The van der Waals surface area contributed by atoms with E-state index in [2.05, 4.69) is 25.8 Å². The number of hydrogen-bond acceptors (Lipinski definition) is 5. The second kappa shape index (κ2) is 7.21. The van der Waals surface area contributed by atoms with Crippen LogP contribution in [-0.2, 0) is 0 Å². The van der Waals surface area contributed by atoms with Crippen LogP contribution < -0.4 is 10.6 Å². The van der Waals surface area contributed by atoms with Gasteiger partial charge in [0.1, 0.15) is 5.82 Å². The molecular weight excluding hydrogens is 364 g/mol. The van der Waals surface area contributed by atoms with Crippen molar-refractivity contribution in [3.8, 4) is 0 Å². The summed E-state index contributed by atoms with van der Waals surface area (Å²) in [6, 6.07) is 8.15. The highest BCUT2D eigenvalue weighted by atomic mass is 35.5. The normalized spacial score (nSPS) is 10.6. The number of rotatable bonds is 4. The zero-order valence-electron chi connectivity index (χ0n) is 13.4. The smallest absolute Gasteiger partial charge is 0.249 e. The maximum atomic E-state index is 13.2. The van der Waals surface area contributed by atoms with Crippen LogP contribution in [0, 0.1) is 19.7 Å². The maximum Gasteiger partial charge on any atom is 0.249 e. The summed E-state index contributed by atoms with van der Waals surface area (Å²) in [5.41, 5.74) is 3.34. The molecule has 0 saturated carbocycles. The van der Waals surface area contributed by atoms with Gasteiger partial charge in [-0.25, -0.2) is 4.39 Å². The Morgan fingerprint density at radius 1 is 1.00 bits per heavy atom. The molecule has 1 aromatic heterocycles. The number of aryl methyl sites for hydroxylation is 2. The monoisotopic (exact) mass is 377 g/mol. The van der Waals surface area contributed by atoms with E-state index < -0.39 is 5.82 Å². The van der Waals surface area contributed by atoms with Gasteiger partial charge in [-0.2, -0.15) is 10.1 Å². The molecular formula is C17H14Cl2FN5. The summed E-state index contributed by atoms with van der Waals surface area (Å²) < 4.78 is 13.2. The lowest BCUT2D eigenvalue weighted by Gasteiger charge is -2.12. The van der Waals surface area contributed by atoms with E-state index in [1.54, 1.807) is 6.07 Å². The van der Waals surface area contributed by atoms with Crippen molar-refractivity contribution in [3.05, 3.63) is 63.5 Å².